The largest absolute Gasteiger partial charge is 0.481 e. The van der Waals surface area contributed by atoms with E-state index < -0.39 is 5.97 Å². The molecule has 0 amide bonds. The lowest BCUT2D eigenvalue weighted by Gasteiger charge is -2.49. The Bertz CT molecular complexity index is 295. The molecule has 17 heavy (non-hydrogen) atoms. The van der Waals surface area contributed by atoms with Gasteiger partial charge >= 0.3 is 5.97 Å². The number of carbonyl (C=O) groups is 1. The normalized spacial score (nSPS) is 38.2. The number of nitrogens with zero attached hydrogens (tertiary/aromatic N) is 1. The van der Waals surface area contributed by atoms with E-state index in [0.717, 1.165) is 12.8 Å². The zero-order chi connectivity index (χ0) is 12.6. The Morgan fingerprint density at radius 3 is 2.35 bits per heavy atom. The molecular weight excluding hydrogens is 214 g/mol. The molecule has 2 aliphatic rings. The second-order valence-electron chi connectivity index (χ2n) is 6.39. The third-order valence-corrected chi connectivity index (χ3v) is 5.31. The van der Waals surface area contributed by atoms with E-state index in [0.29, 0.717) is 12.0 Å². The van der Waals surface area contributed by atoms with Crippen molar-refractivity contribution in [3.63, 3.8) is 0 Å². The second-order valence-corrected chi connectivity index (χ2v) is 6.39. The van der Waals surface area contributed by atoms with Gasteiger partial charge in [0.25, 0.3) is 0 Å². The minimum Gasteiger partial charge on any atom is -0.481 e. The topological polar surface area (TPSA) is 40.5 Å². The predicted molar refractivity (Wildman–Crippen MR) is 67.9 cm³/mol. The maximum Gasteiger partial charge on any atom is 0.307 e. The Morgan fingerprint density at radius 2 is 1.82 bits per heavy atom. The third-order valence-electron chi connectivity index (χ3n) is 5.31. The minimum atomic E-state index is -0.610. The van der Waals surface area contributed by atoms with E-state index in [4.69, 9.17) is 0 Å². The molecule has 1 N–H and O–H groups in total. The number of carboxylic acids is 1. The van der Waals surface area contributed by atoms with Crippen molar-refractivity contribution >= 4 is 5.97 Å². The Kier molecular flexibility index (Phi) is 3.48. The first-order valence-electron chi connectivity index (χ1n) is 6.91. The van der Waals surface area contributed by atoms with Crippen molar-refractivity contribution in [2.75, 3.05) is 13.1 Å². The summed E-state index contributed by atoms with van der Waals surface area (Å²) in [6.07, 6.45) is 4.52. The maximum absolute atomic E-state index is 11.3. The molecule has 0 radical (unpaired) electrons. The summed E-state index contributed by atoms with van der Waals surface area (Å²) in [7, 11) is 0. The fourth-order valence-corrected chi connectivity index (χ4v) is 3.79. The van der Waals surface area contributed by atoms with Crippen LogP contribution in [0.15, 0.2) is 0 Å². The summed E-state index contributed by atoms with van der Waals surface area (Å²) in [5, 5.41) is 9.33. The Labute approximate surface area is 104 Å². The van der Waals surface area contributed by atoms with Crippen LogP contribution in [0.5, 0.6) is 0 Å². The van der Waals surface area contributed by atoms with Gasteiger partial charge < -0.3 is 10.0 Å². The number of rotatable bonds is 2. The molecule has 98 valence electrons. The van der Waals surface area contributed by atoms with Gasteiger partial charge in [0, 0.05) is 6.04 Å². The quantitative estimate of drug-likeness (QED) is 0.805. The van der Waals surface area contributed by atoms with Gasteiger partial charge in [-0.15, -0.1) is 0 Å². The van der Waals surface area contributed by atoms with E-state index in [-0.39, 0.29) is 11.3 Å². The molecule has 3 unspecified atom stereocenters. The highest BCUT2D eigenvalue weighted by atomic mass is 16.4. The summed E-state index contributed by atoms with van der Waals surface area (Å²) >= 11 is 0. The molecule has 1 saturated carbocycles. The van der Waals surface area contributed by atoms with Crippen molar-refractivity contribution < 1.29 is 9.90 Å². The van der Waals surface area contributed by atoms with Crippen molar-refractivity contribution in [3.05, 3.63) is 0 Å². The Hall–Kier alpha value is -0.570. The third kappa shape index (κ3) is 2.22. The maximum atomic E-state index is 11.3. The molecule has 0 aromatic heterocycles. The van der Waals surface area contributed by atoms with Crippen molar-refractivity contribution in [1.29, 1.82) is 0 Å². The fraction of sp³-hybridized carbons (Fsp3) is 0.929. The summed E-state index contributed by atoms with van der Waals surface area (Å²) in [5.74, 6) is -0.312. The summed E-state index contributed by atoms with van der Waals surface area (Å²) in [4.78, 5) is 13.9. The smallest absolute Gasteiger partial charge is 0.307 e. The molecule has 1 heterocycles. The summed E-state index contributed by atoms with van der Waals surface area (Å²) in [6.45, 7) is 8.95. The first-order valence-corrected chi connectivity index (χ1v) is 6.91. The molecule has 3 atom stereocenters. The van der Waals surface area contributed by atoms with E-state index in [2.05, 4.69) is 25.7 Å². The average molecular weight is 239 g/mol. The van der Waals surface area contributed by atoms with Crippen LogP contribution in [0, 0.1) is 17.3 Å². The van der Waals surface area contributed by atoms with Crippen LogP contribution < -0.4 is 0 Å². The first-order chi connectivity index (χ1) is 7.94. The number of likely N-dealkylation sites (tertiary alicyclic amines) is 1. The lowest BCUT2D eigenvalue weighted by molar-refractivity contribution is -0.151. The Balaban J connectivity index is 2.12. The molecule has 1 aliphatic heterocycles. The molecule has 3 heteroatoms. The standard InChI is InChI=1S/C14H25NO2/c1-10-12(15-8-4-5-9-15)7-6-11(13(16)17)14(10,2)3/h10-12H,4-9H2,1-3H3,(H,16,17). The van der Waals surface area contributed by atoms with Crippen LogP contribution >= 0.6 is 0 Å². The van der Waals surface area contributed by atoms with E-state index >= 15 is 0 Å². The molecule has 0 spiro atoms. The van der Waals surface area contributed by atoms with Gasteiger partial charge in [0.05, 0.1) is 5.92 Å². The summed E-state index contributed by atoms with van der Waals surface area (Å²) in [5.41, 5.74) is -0.0860. The zero-order valence-corrected chi connectivity index (χ0v) is 11.3. The lowest BCUT2D eigenvalue weighted by Crippen LogP contribution is -2.51. The lowest BCUT2D eigenvalue weighted by atomic mass is 9.60. The van der Waals surface area contributed by atoms with E-state index in [1.54, 1.807) is 0 Å². The molecule has 0 aromatic carbocycles. The highest BCUT2D eigenvalue weighted by molar-refractivity contribution is 5.71. The summed E-state index contributed by atoms with van der Waals surface area (Å²) < 4.78 is 0. The number of hydrogen-bond donors (Lipinski definition) is 1. The monoisotopic (exact) mass is 239 g/mol. The van der Waals surface area contributed by atoms with Crippen LogP contribution in [0.1, 0.15) is 46.5 Å². The minimum absolute atomic E-state index is 0.0860. The van der Waals surface area contributed by atoms with E-state index in [1.807, 2.05) is 0 Å². The fourth-order valence-electron chi connectivity index (χ4n) is 3.79. The van der Waals surface area contributed by atoms with Crippen LogP contribution in [0.25, 0.3) is 0 Å². The highest BCUT2D eigenvalue weighted by Crippen LogP contribution is 2.47. The van der Waals surface area contributed by atoms with Gasteiger partial charge in [0.1, 0.15) is 0 Å². The van der Waals surface area contributed by atoms with Gasteiger partial charge in [0.2, 0.25) is 0 Å². The molecule has 2 fully saturated rings. The average Bonchev–Trinajstić information content (AvgIpc) is 2.74. The van der Waals surface area contributed by atoms with Crippen LogP contribution in [0.2, 0.25) is 0 Å². The molecule has 1 aliphatic carbocycles. The van der Waals surface area contributed by atoms with Crippen molar-refractivity contribution in [1.82, 2.24) is 4.90 Å². The highest BCUT2D eigenvalue weighted by Gasteiger charge is 2.47. The van der Waals surface area contributed by atoms with Crippen LogP contribution in [-0.2, 0) is 4.79 Å². The predicted octanol–water partition coefficient (Wildman–Crippen LogP) is 2.61. The Morgan fingerprint density at radius 1 is 1.24 bits per heavy atom. The summed E-state index contributed by atoms with van der Waals surface area (Å²) in [6, 6.07) is 0.600. The molecule has 0 aromatic rings. The van der Waals surface area contributed by atoms with Crippen molar-refractivity contribution in [2.24, 2.45) is 17.3 Å². The van der Waals surface area contributed by atoms with E-state index in [9.17, 15) is 9.90 Å². The molecule has 2 rings (SSSR count). The van der Waals surface area contributed by atoms with Gasteiger partial charge in [-0.2, -0.15) is 0 Å². The van der Waals surface area contributed by atoms with Crippen LogP contribution in [0.3, 0.4) is 0 Å². The first kappa shape index (κ1) is 12.9. The van der Waals surface area contributed by atoms with Crippen molar-refractivity contribution in [2.45, 2.75) is 52.5 Å². The van der Waals surface area contributed by atoms with Crippen LogP contribution in [-0.4, -0.2) is 35.1 Å². The van der Waals surface area contributed by atoms with Gasteiger partial charge in [-0.1, -0.05) is 20.8 Å². The van der Waals surface area contributed by atoms with Gasteiger partial charge in [-0.25, -0.2) is 0 Å². The molecule has 3 nitrogen and oxygen atoms in total. The molecular formula is C14H25NO2. The second kappa shape index (κ2) is 4.60. The van der Waals surface area contributed by atoms with Gasteiger partial charge in [0.15, 0.2) is 0 Å². The number of hydrogen-bond acceptors (Lipinski definition) is 2. The van der Waals surface area contributed by atoms with Crippen molar-refractivity contribution in [3.8, 4) is 0 Å². The van der Waals surface area contributed by atoms with Gasteiger partial charge in [-0.05, 0) is 50.1 Å². The number of carboxylic acid groups (broad SMARTS) is 1. The van der Waals surface area contributed by atoms with Gasteiger partial charge in [-0.3, -0.25) is 4.79 Å². The zero-order valence-electron chi connectivity index (χ0n) is 11.3. The SMILES string of the molecule is CC1C(N2CCCC2)CCC(C(=O)O)C1(C)C. The van der Waals surface area contributed by atoms with E-state index in [1.165, 1.54) is 25.9 Å². The molecule has 1 saturated heterocycles. The molecule has 0 bridgehead atoms. The van der Waals surface area contributed by atoms with Crippen LogP contribution in [0.4, 0.5) is 0 Å². The number of aliphatic carboxylic acids is 1.